The van der Waals surface area contributed by atoms with Gasteiger partial charge in [0.1, 0.15) is 0 Å². The molecule has 0 saturated heterocycles. The van der Waals surface area contributed by atoms with Gasteiger partial charge in [-0.3, -0.25) is 4.57 Å². The van der Waals surface area contributed by atoms with Gasteiger partial charge in [0.2, 0.25) is 0 Å². The van der Waals surface area contributed by atoms with E-state index >= 15 is 0 Å². The van der Waals surface area contributed by atoms with Crippen LogP contribution in [0.15, 0.2) is 96.2 Å². The summed E-state index contributed by atoms with van der Waals surface area (Å²) in [5.41, 5.74) is 4.30. The Kier molecular flexibility index (Phi) is 5.49. The van der Waals surface area contributed by atoms with Crippen LogP contribution in [0.4, 0.5) is 0 Å². The minimum atomic E-state index is 0.727. The van der Waals surface area contributed by atoms with Crippen molar-refractivity contribution in [3.63, 3.8) is 0 Å². The van der Waals surface area contributed by atoms with Gasteiger partial charge in [-0.25, -0.2) is 0 Å². The van der Waals surface area contributed by atoms with Gasteiger partial charge >= 0.3 is 0 Å². The van der Waals surface area contributed by atoms with Crippen LogP contribution >= 0.6 is 23.4 Å². The molecule has 0 atom stereocenters. The first kappa shape index (κ1) is 19.9. The molecule has 5 rings (SSSR count). The number of fused-ring (bicyclic) bond motifs is 1. The number of benzene rings is 4. The van der Waals surface area contributed by atoms with Gasteiger partial charge in [0, 0.05) is 22.0 Å². The molecule has 0 aliphatic carbocycles. The van der Waals surface area contributed by atoms with Crippen molar-refractivity contribution < 1.29 is 0 Å². The zero-order valence-electron chi connectivity index (χ0n) is 17.0. The topological polar surface area (TPSA) is 30.7 Å². The number of rotatable bonds is 5. The van der Waals surface area contributed by atoms with E-state index in [-0.39, 0.29) is 0 Å². The van der Waals surface area contributed by atoms with E-state index in [1.807, 2.05) is 43.3 Å². The minimum Gasteiger partial charge on any atom is -0.270 e. The van der Waals surface area contributed by atoms with Crippen molar-refractivity contribution in [2.24, 2.45) is 0 Å². The zero-order valence-corrected chi connectivity index (χ0v) is 18.6. The third kappa shape index (κ3) is 3.97. The van der Waals surface area contributed by atoms with Gasteiger partial charge in [-0.15, -0.1) is 10.2 Å². The van der Waals surface area contributed by atoms with Crippen LogP contribution < -0.4 is 0 Å². The second-order valence-electron chi connectivity index (χ2n) is 7.37. The highest BCUT2D eigenvalue weighted by atomic mass is 35.5. The molecule has 0 N–H and O–H groups in total. The number of aromatic nitrogens is 3. The maximum absolute atomic E-state index is 6.40. The van der Waals surface area contributed by atoms with E-state index in [2.05, 4.69) is 69.4 Å². The molecular formula is C26H20ClN3S. The molecule has 0 unspecified atom stereocenters. The van der Waals surface area contributed by atoms with E-state index in [0.29, 0.717) is 0 Å². The normalized spacial score (nSPS) is 11.2. The lowest BCUT2D eigenvalue weighted by Gasteiger charge is -2.11. The fraction of sp³-hybridized carbons (Fsp3) is 0.0769. The van der Waals surface area contributed by atoms with Crippen molar-refractivity contribution in [2.45, 2.75) is 17.8 Å². The second kappa shape index (κ2) is 8.58. The van der Waals surface area contributed by atoms with Gasteiger partial charge in [0.05, 0.1) is 0 Å². The van der Waals surface area contributed by atoms with Crippen LogP contribution in [-0.2, 0) is 5.75 Å². The molecule has 0 bridgehead atoms. The van der Waals surface area contributed by atoms with Crippen molar-refractivity contribution in [1.29, 1.82) is 0 Å². The summed E-state index contributed by atoms with van der Waals surface area (Å²) in [6, 6.07) is 31.2. The molecule has 4 aromatic carbocycles. The Hall–Kier alpha value is -3.08. The molecule has 0 saturated carbocycles. The summed E-state index contributed by atoms with van der Waals surface area (Å²) in [4.78, 5) is 0. The maximum Gasteiger partial charge on any atom is 0.196 e. The summed E-state index contributed by atoms with van der Waals surface area (Å²) in [5.74, 6) is 1.59. The summed E-state index contributed by atoms with van der Waals surface area (Å²) in [7, 11) is 0. The number of aryl methyl sites for hydroxylation is 1. The highest BCUT2D eigenvalue weighted by Crippen LogP contribution is 2.32. The Morgan fingerprint density at radius 1 is 0.839 bits per heavy atom. The largest absolute Gasteiger partial charge is 0.270 e. The molecule has 5 heteroatoms. The smallest absolute Gasteiger partial charge is 0.196 e. The molecule has 1 aromatic heterocycles. The number of halogens is 1. The zero-order chi connectivity index (χ0) is 21.2. The van der Waals surface area contributed by atoms with Crippen LogP contribution in [0.5, 0.6) is 0 Å². The van der Waals surface area contributed by atoms with Crippen molar-refractivity contribution >= 4 is 34.1 Å². The molecule has 0 radical (unpaired) electrons. The van der Waals surface area contributed by atoms with Crippen molar-refractivity contribution in [2.75, 3.05) is 0 Å². The molecule has 0 aliphatic rings. The monoisotopic (exact) mass is 441 g/mol. The van der Waals surface area contributed by atoms with Crippen LogP contribution in [0, 0.1) is 6.92 Å². The lowest BCUT2D eigenvalue weighted by atomic mass is 10.1. The maximum atomic E-state index is 6.40. The molecule has 5 aromatic rings. The first-order valence-electron chi connectivity index (χ1n) is 10.1. The fourth-order valence-electron chi connectivity index (χ4n) is 3.65. The molecule has 1 heterocycles. The van der Waals surface area contributed by atoms with E-state index in [0.717, 1.165) is 38.6 Å². The van der Waals surface area contributed by atoms with Crippen molar-refractivity contribution in [1.82, 2.24) is 14.8 Å². The Morgan fingerprint density at radius 2 is 1.61 bits per heavy atom. The highest BCUT2D eigenvalue weighted by molar-refractivity contribution is 7.98. The van der Waals surface area contributed by atoms with E-state index in [1.54, 1.807) is 11.8 Å². The van der Waals surface area contributed by atoms with Crippen molar-refractivity contribution in [3.05, 3.63) is 107 Å². The number of nitrogens with zero attached hydrogens (tertiary/aromatic N) is 3. The first-order chi connectivity index (χ1) is 15.2. The standard InChI is InChI=1S/C26H20ClN3S/c1-18-14-15-20(16-24(18)27)25-28-29-26(30(25)22-11-3-2-4-12-22)31-17-21-10-7-9-19-8-5-6-13-23(19)21/h2-16H,17H2,1H3. The van der Waals surface area contributed by atoms with E-state index in [9.17, 15) is 0 Å². The Balaban J connectivity index is 1.56. The molecule has 0 fully saturated rings. The van der Waals surface area contributed by atoms with Gasteiger partial charge in [-0.05, 0) is 47.0 Å². The average Bonchev–Trinajstić information content (AvgIpc) is 3.24. The predicted molar refractivity (Wildman–Crippen MR) is 130 cm³/mol. The SMILES string of the molecule is Cc1ccc(-c2nnc(SCc3cccc4ccccc34)n2-c2ccccc2)cc1Cl. The number of thioether (sulfide) groups is 1. The molecule has 31 heavy (non-hydrogen) atoms. The Bertz CT molecular complexity index is 1360. The molecule has 0 spiro atoms. The van der Waals surface area contributed by atoms with E-state index < -0.39 is 0 Å². The number of hydrogen-bond donors (Lipinski definition) is 0. The highest BCUT2D eigenvalue weighted by Gasteiger charge is 2.17. The van der Waals surface area contributed by atoms with Gasteiger partial charge in [-0.1, -0.05) is 96.2 Å². The number of para-hydroxylation sites is 1. The van der Waals surface area contributed by atoms with Crippen LogP contribution in [0.25, 0.3) is 27.8 Å². The van der Waals surface area contributed by atoms with Gasteiger partial charge < -0.3 is 0 Å². The Labute approximate surface area is 190 Å². The summed E-state index contributed by atoms with van der Waals surface area (Å²) < 4.78 is 2.11. The lowest BCUT2D eigenvalue weighted by Crippen LogP contribution is -2.00. The lowest BCUT2D eigenvalue weighted by molar-refractivity contribution is 0.886. The third-order valence-electron chi connectivity index (χ3n) is 5.31. The van der Waals surface area contributed by atoms with Gasteiger partial charge in [0.25, 0.3) is 0 Å². The summed E-state index contributed by atoms with van der Waals surface area (Å²) in [5, 5.41) is 13.2. The predicted octanol–water partition coefficient (Wildman–Crippen LogP) is 7.34. The first-order valence-corrected chi connectivity index (χ1v) is 11.4. The minimum absolute atomic E-state index is 0.727. The number of hydrogen-bond acceptors (Lipinski definition) is 3. The summed E-state index contributed by atoms with van der Waals surface area (Å²) >= 11 is 8.09. The molecule has 3 nitrogen and oxygen atoms in total. The fourth-order valence-corrected chi connectivity index (χ4v) is 4.79. The second-order valence-corrected chi connectivity index (χ2v) is 8.72. The third-order valence-corrected chi connectivity index (χ3v) is 6.70. The molecule has 0 amide bonds. The Morgan fingerprint density at radius 3 is 2.45 bits per heavy atom. The van der Waals surface area contributed by atoms with Crippen LogP contribution in [-0.4, -0.2) is 14.8 Å². The van der Waals surface area contributed by atoms with Crippen LogP contribution in [0.3, 0.4) is 0 Å². The van der Waals surface area contributed by atoms with Crippen LogP contribution in [0.2, 0.25) is 5.02 Å². The van der Waals surface area contributed by atoms with E-state index in [1.165, 1.54) is 16.3 Å². The van der Waals surface area contributed by atoms with Gasteiger partial charge in [0.15, 0.2) is 11.0 Å². The van der Waals surface area contributed by atoms with Crippen molar-refractivity contribution in [3.8, 4) is 17.1 Å². The van der Waals surface area contributed by atoms with E-state index in [4.69, 9.17) is 11.6 Å². The molecule has 152 valence electrons. The average molecular weight is 442 g/mol. The molecular weight excluding hydrogens is 422 g/mol. The quantitative estimate of drug-likeness (QED) is 0.267. The molecule has 0 aliphatic heterocycles. The summed E-state index contributed by atoms with van der Waals surface area (Å²) in [6.45, 7) is 2.00. The van der Waals surface area contributed by atoms with Crippen LogP contribution in [0.1, 0.15) is 11.1 Å². The summed E-state index contributed by atoms with van der Waals surface area (Å²) in [6.07, 6.45) is 0. The van der Waals surface area contributed by atoms with Gasteiger partial charge in [-0.2, -0.15) is 0 Å².